The van der Waals surface area contributed by atoms with Gasteiger partial charge in [0.15, 0.2) is 5.13 Å². The summed E-state index contributed by atoms with van der Waals surface area (Å²) in [5.74, 6) is -0.195. The van der Waals surface area contributed by atoms with Gasteiger partial charge in [0.2, 0.25) is 5.91 Å². The van der Waals surface area contributed by atoms with E-state index < -0.39 is 0 Å². The summed E-state index contributed by atoms with van der Waals surface area (Å²) in [6.07, 6.45) is 3.09. The molecule has 2 atom stereocenters. The maximum atomic E-state index is 11.8. The minimum Gasteiger partial charge on any atom is -0.466 e. The van der Waals surface area contributed by atoms with Gasteiger partial charge in [0.1, 0.15) is 0 Å². The zero-order chi connectivity index (χ0) is 15.2. The highest BCUT2D eigenvalue weighted by molar-refractivity contribution is 7.13. The number of rotatable bonds is 6. The number of aromatic nitrogens is 1. The highest BCUT2D eigenvalue weighted by Crippen LogP contribution is 2.29. The summed E-state index contributed by atoms with van der Waals surface area (Å²) in [5, 5.41) is 8.65. The smallest absolute Gasteiger partial charge is 0.311 e. The Hall–Kier alpha value is -1.63. The molecule has 1 aliphatic carbocycles. The predicted octanol–water partition coefficient (Wildman–Crippen LogP) is 1.58. The molecule has 0 saturated heterocycles. The van der Waals surface area contributed by atoms with E-state index in [9.17, 15) is 9.59 Å². The number of esters is 1. The van der Waals surface area contributed by atoms with Crippen LogP contribution in [0, 0.1) is 5.92 Å². The van der Waals surface area contributed by atoms with Crippen molar-refractivity contribution in [3.05, 3.63) is 11.1 Å². The minimum atomic E-state index is -0.265. The Balaban J connectivity index is 1.92. The van der Waals surface area contributed by atoms with Crippen molar-refractivity contribution in [3.8, 4) is 0 Å². The first-order chi connectivity index (χ1) is 10.1. The molecule has 21 heavy (non-hydrogen) atoms. The fourth-order valence-electron chi connectivity index (χ4n) is 2.60. The number of hydrogen-bond donors (Lipinski definition) is 2. The largest absolute Gasteiger partial charge is 0.466 e. The second-order valence-corrected chi connectivity index (χ2v) is 5.89. The van der Waals surface area contributed by atoms with Gasteiger partial charge in [0.05, 0.1) is 24.6 Å². The molecule has 2 N–H and O–H groups in total. The molecule has 1 heterocycles. The molecular weight excluding hydrogens is 290 g/mol. The van der Waals surface area contributed by atoms with E-state index in [1.165, 1.54) is 11.3 Å². The van der Waals surface area contributed by atoms with Crippen LogP contribution in [-0.2, 0) is 20.7 Å². The lowest BCUT2D eigenvalue weighted by Crippen LogP contribution is -2.36. The first-order valence-corrected chi connectivity index (χ1v) is 8.10. The van der Waals surface area contributed by atoms with Crippen molar-refractivity contribution >= 4 is 28.3 Å². The van der Waals surface area contributed by atoms with E-state index in [0.29, 0.717) is 12.3 Å². The van der Waals surface area contributed by atoms with Crippen molar-refractivity contribution in [2.45, 2.75) is 38.6 Å². The van der Waals surface area contributed by atoms with Crippen molar-refractivity contribution in [1.29, 1.82) is 0 Å². The van der Waals surface area contributed by atoms with Gasteiger partial charge in [-0.25, -0.2) is 4.98 Å². The molecule has 2 unspecified atom stereocenters. The Labute approximate surface area is 128 Å². The van der Waals surface area contributed by atoms with Crippen molar-refractivity contribution in [3.63, 3.8) is 0 Å². The van der Waals surface area contributed by atoms with Gasteiger partial charge in [-0.3, -0.25) is 9.59 Å². The lowest BCUT2D eigenvalue weighted by Gasteiger charge is -2.18. The molecule has 0 aliphatic heterocycles. The Morgan fingerprint density at radius 1 is 1.48 bits per heavy atom. The lowest BCUT2D eigenvalue weighted by atomic mass is 10.0. The topological polar surface area (TPSA) is 80.3 Å². The summed E-state index contributed by atoms with van der Waals surface area (Å²) in [5.41, 5.74) is 0.704. The predicted molar refractivity (Wildman–Crippen MR) is 81.3 cm³/mol. The molecular formula is C14H21N3O3S. The molecule has 0 spiro atoms. The highest BCUT2D eigenvalue weighted by Gasteiger charge is 2.32. The number of carbonyl (C=O) groups is 2. The van der Waals surface area contributed by atoms with E-state index in [4.69, 9.17) is 4.74 Å². The van der Waals surface area contributed by atoms with E-state index in [1.54, 1.807) is 14.0 Å². The van der Waals surface area contributed by atoms with Crippen molar-refractivity contribution in [2.75, 3.05) is 19.0 Å². The second-order valence-electron chi connectivity index (χ2n) is 5.03. The Bertz CT molecular complexity index is 503. The van der Waals surface area contributed by atoms with Gasteiger partial charge in [-0.05, 0) is 19.8 Å². The molecule has 0 radical (unpaired) electrons. The van der Waals surface area contributed by atoms with Gasteiger partial charge in [-0.15, -0.1) is 11.3 Å². The molecule has 7 heteroatoms. The average Bonchev–Trinajstić information content (AvgIpc) is 3.08. The van der Waals surface area contributed by atoms with Crippen molar-refractivity contribution in [2.24, 2.45) is 5.92 Å². The molecule has 116 valence electrons. The Morgan fingerprint density at radius 2 is 2.29 bits per heavy atom. The molecule has 1 amide bonds. The molecule has 1 saturated carbocycles. The summed E-state index contributed by atoms with van der Waals surface area (Å²) < 4.78 is 4.90. The first kappa shape index (κ1) is 15.8. The van der Waals surface area contributed by atoms with Crippen molar-refractivity contribution in [1.82, 2.24) is 10.3 Å². The van der Waals surface area contributed by atoms with Gasteiger partial charge in [-0.2, -0.15) is 0 Å². The quantitative estimate of drug-likeness (QED) is 0.780. The zero-order valence-corrected chi connectivity index (χ0v) is 13.2. The Kier molecular flexibility index (Phi) is 5.55. The van der Waals surface area contributed by atoms with Gasteiger partial charge in [0, 0.05) is 18.5 Å². The van der Waals surface area contributed by atoms with E-state index in [0.717, 1.165) is 24.4 Å². The van der Waals surface area contributed by atoms with Gasteiger partial charge in [0.25, 0.3) is 0 Å². The van der Waals surface area contributed by atoms with Crippen LogP contribution >= 0.6 is 11.3 Å². The average molecular weight is 311 g/mol. The third kappa shape index (κ3) is 4.17. The van der Waals surface area contributed by atoms with Gasteiger partial charge >= 0.3 is 5.97 Å². The SMILES string of the molecule is CCOC(=O)Cc1csc(NC2CCCC2C(=O)NC)n1. The van der Waals surface area contributed by atoms with Gasteiger partial charge < -0.3 is 15.4 Å². The van der Waals surface area contributed by atoms with Crippen LogP contribution < -0.4 is 10.6 Å². The molecule has 1 aromatic heterocycles. The Morgan fingerprint density at radius 3 is 3.00 bits per heavy atom. The lowest BCUT2D eigenvalue weighted by molar-refractivity contribution is -0.142. The monoisotopic (exact) mass is 311 g/mol. The highest BCUT2D eigenvalue weighted by atomic mass is 32.1. The number of nitrogens with one attached hydrogen (secondary N) is 2. The molecule has 6 nitrogen and oxygen atoms in total. The van der Waals surface area contributed by atoms with Gasteiger partial charge in [-0.1, -0.05) is 6.42 Å². The summed E-state index contributed by atoms with van der Waals surface area (Å²) in [6, 6.07) is 0.117. The molecule has 1 aromatic rings. The maximum Gasteiger partial charge on any atom is 0.311 e. The summed E-state index contributed by atoms with van der Waals surface area (Å²) >= 11 is 1.46. The number of nitrogens with zero attached hydrogens (tertiary/aromatic N) is 1. The van der Waals surface area contributed by atoms with Crippen LogP contribution in [0.5, 0.6) is 0 Å². The molecule has 1 fully saturated rings. The van der Waals surface area contributed by atoms with Crippen LogP contribution in [0.25, 0.3) is 0 Å². The van der Waals surface area contributed by atoms with Crippen LogP contribution in [0.2, 0.25) is 0 Å². The number of ether oxygens (including phenoxy) is 1. The number of anilines is 1. The van der Waals surface area contributed by atoms with Crippen LogP contribution in [0.3, 0.4) is 0 Å². The van der Waals surface area contributed by atoms with Crippen LogP contribution in [0.1, 0.15) is 31.9 Å². The number of hydrogen-bond acceptors (Lipinski definition) is 6. The molecule has 1 aliphatic rings. The number of carbonyl (C=O) groups excluding carboxylic acids is 2. The zero-order valence-electron chi connectivity index (χ0n) is 12.3. The normalized spacial score (nSPS) is 21.0. The molecule has 0 bridgehead atoms. The van der Waals surface area contributed by atoms with E-state index >= 15 is 0 Å². The van der Waals surface area contributed by atoms with E-state index in [1.807, 2.05) is 5.38 Å². The van der Waals surface area contributed by atoms with E-state index in [2.05, 4.69) is 15.6 Å². The van der Waals surface area contributed by atoms with Crippen molar-refractivity contribution < 1.29 is 14.3 Å². The first-order valence-electron chi connectivity index (χ1n) is 7.22. The van der Waals surface area contributed by atoms with Crippen LogP contribution in [0.4, 0.5) is 5.13 Å². The maximum absolute atomic E-state index is 11.8. The summed E-state index contributed by atoms with van der Waals surface area (Å²) in [4.78, 5) is 27.6. The second kappa shape index (κ2) is 7.40. The summed E-state index contributed by atoms with van der Waals surface area (Å²) in [7, 11) is 1.67. The standard InChI is InChI=1S/C14H21N3O3S/c1-3-20-12(18)7-9-8-21-14(16-9)17-11-6-4-5-10(11)13(19)15-2/h8,10-11H,3-7H2,1-2H3,(H,15,19)(H,16,17). The minimum absolute atomic E-state index is 0.00703. The fourth-order valence-corrected chi connectivity index (χ4v) is 3.38. The molecule has 0 aromatic carbocycles. The van der Waals surface area contributed by atoms with Crippen LogP contribution in [0.15, 0.2) is 5.38 Å². The molecule has 2 rings (SSSR count). The number of thiazole rings is 1. The summed E-state index contributed by atoms with van der Waals surface area (Å²) in [6.45, 7) is 2.16. The third-order valence-corrected chi connectivity index (χ3v) is 4.41. The van der Waals surface area contributed by atoms with E-state index in [-0.39, 0.29) is 30.3 Å². The number of amides is 1. The third-order valence-electron chi connectivity index (χ3n) is 3.59. The van der Waals surface area contributed by atoms with Crippen LogP contribution in [-0.4, -0.2) is 36.6 Å². The fraction of sp³-hybridized carbons (Fsp3) is 0.643.